The number of fused-ring (bicyclic) bond motifs is 1. The number of benzene rings is 3. The van der Waals surface area contributed by atoms with Gasteiger partial charge in [-0.15, -0.1) is 0 Å². The van der Waals surface area contributed by atoms with Crippen molar-refractivity contribution in [1.29, 1.82) is 0 Å². The highest BCUT2D eigenvalue weighted by molar-refractivity contribution is 5.84. The SMILES string of the molecule is CC(O)C(N)C(=O)O.CCC(C)C(N)C(=O)O.NC(=O)CC(N)C(=O)O.NC(Cc1c[nH]c2ccccc12)C(=O)O.NC(Cc1ccc(O)cc1)C(=O)O.NC(Cc1ccccc1)C(=O)O.NCCCCC(N)C(=O)O. The molecule has 4 aromatic rings. The number of aromatic nitrogens is 1. The summed E-state index contributed by atoms with van der Waals surface area (Å²) in [4.78, 5) is 84.5. The Morgan fingerprint density at radius 2 is 0.947 bits per heavy atom. The molecule has 0 spiro atoms. The summed E-state index contributed by atoms with van der Waals surface area (Å²) in [5.74, 6) is -7.66. The van der Waals surface area contributed by atoms with Crippen LogP contribution in [0.4, 0.5) is 0 Å². The summed E-state index contributed by atoms with van der Waals surface area (Å²) >= 11 is 0. The van der Waals surface area contributed by atoms with Crippen LogP contribution < -0.4 is 51.6 Å². The maximum absolute atomic E-state index is 10.6. The molecule has 0 saturated carbocycles. The second-order valence-corrected chi connectivity index (χ2v) is 16.7. The summed E-state index contributed by atoms with van der Waals surface area (Å²) < 4.78 is 0. The lowest BCUT2D eigenvalue weighted by Crippen LogP contribution is -2.39. The van der Waals surface area contributed by atoms with Gasteiger partial charge in [0, 0.05) is 23.5 Å². The number of aliphatic hydroxyl groups is 1. The number of unbranched alkanes of at least 4 members (excludes halogenated alkanes) is 1. The van der Waals surface area contributed by atoms with Crippen LogP contribution in [0, 0.1) is 5.92 Å². The van der Waals surface area contributed by atoms with Gasteiger partial charge < -0.3 is 103 Å². The maximum Gasteiger partial charge on any atom is 0.323 e. The van der Waals surface area contributed by atoms with E-state index in [2.05, 4.69) is 10.7 Å². The van der Waals surface area contributed by atoms with Gasteiger partial charge in [0.25, 0.3) is 0 Å². The van der Waals surface area contributed by atoms with Crippen molar-refractivity contribution in [3.63, 3.8) is 0 Å². The summed E-state index contributed by atoms with van der Waals surface area (Å²) in [5.41, 5.74) is 50.0. The summed E-state index contributed by atoms with van der Waals surface area (Å²) in [7, 11) is 0. The number of carbonyl (C=O) groups excluding carboxylic acids is 1. The van der Waals surface area contributed by atoms with Gasteiger partial charge in [-0.25, -0.2) is 0 Å². The van der Waals surface area contributed by atoms with Gasteiger partial charge >= 0.3 is 41.8 Å². The van der Waals surface area contributed by atoms with E-state index in [4.69, 9.17) is 91.8 Å². The van der Waals surface area contributed by atoms with E-state index in [0.29, 0.717) is 25.8 Å². The number of amides is 1. The Labute approximate surface area is 439 Å². The normalized spacial score (nSPS) is 13.6. The van der Waals surface area contributed by atoms with Gasteiger partial charge in [-0.1, -0.05) is 87.4 Å². The first-order chi connectivity index (χ1) is 35.3. The lowest BCUT2D eigenvalue weighted by molar-refractivity contribution is -0.141. The fourth-order valence-corrected chi connectivity index (χ4v) is 5.19. The second-order valence-electron chi connectivity index (χ2n) is 16.7. The van der Waals surface area contributed by atoms with Gasteiger partial charge in [-0.3, -0.25) is 38.4 Å². The van der Waals surface area contributed by atoms with Crippen LogP contribution in [0.1, 0.15) is 69.6 Å². The number of carbonyl (C=O) groups is 8. The van der Waals surface area contributed by atoms with Crippen LogP contribution in [0.3, 0.4) is 0 Å². The minimum absolute atomic E-state index is 0.0718. The van der Waals surface area contributed by atoms with E-state index in [1.807, 2.05) is 74.6 Å². The molecule has 426 valence electrons. The zero-order chi connectivity index (χ0) is 59.2. The average molecular weight is 1080 g/mol. The molecule has 9 atom stereocenters. The van der Waals surface area contributed by atoms with Gasteiger partial charge in [0.15, 0.2) is 0 Å². The fourth-order valence-electron chi connectivity index (χ4n) is 5.19. The highest BCUT2D eigenvalue weighted by Crippen LogP contribution is 2.18. The number of aliphatic hydroxyl groups excluding tert-OH is 1. The molecule has 0 aliphatic heterocycles. The minimum Gasteiger partial charge on any atom is -0.508 e. The molecule has 9 unspecified atom stereocenters. The average Bonchev–Trinajstić information content (AvgIpc) is 3.77. The number of para-hydroxylation sites is 1. The molecule has 0 saturated heterocycles. The van der Waals surface area contributed by atoms with E-state index in [9.17, 15) is 38.4 Å². The Kier molecular flexibility index (Phi) is 38.9. The number of phenolic OH excluding ortho intramolecular Hbond substituents is 1. The number of nitrogens with two attached hydrogens (primary N) is 9. The van der Waals surface area contributed by atoms with E-state index in [0.717, 1.165) is 46.9 Å². The monoisotopic (exact) mass is 1080 g/mol. The number of primary amides is 1. The third-order valence-electron chi connectivity index (χ3n) is 10.1. The standard InChI is InChI=1S/C11H12N2O2.C9H11NO3.C9H11NO2.C6H14N2O2.C6H13NO2.C4H8N2O3.C4H9NO3/c12-9(11(14)15)5-7-6-13-10-4-2-1-3-8(7)10;10-8(9(12)13)5-6-1-3-7(11)4-2-6;10-8(9(11)12)6-7-4-2-1-3-5-7;7-4-2-1-3-5(8)6(9)10;1-3-4(2)5(7)6(8)9;5-2(4(8)9)1-3(6)7;1-2(6)3(5)4(7)8/h1-4,6,9,13H,5,12H2,(H,14,15);1-4,8,11H,5,10H2,(H,12,13);1-5,8H,6,10H2,(H,11,12);5H,1-4,7-8H2,(H,9,10);4-5H,3,7H2,1-2H3,(H,8,9);2H,1,5H2,(H2,6,7)(H,8,9);2-3,6H,5H2,1H3,(H,7,8). The molecule has 1 heterocycles. The summed E-state index contributed by atoms with van der Waals surface area (Å²) in [6.45, 7) is 5.69. The van der Waals surface area contributed by atoms with Gasteiger partial charge in [0.05, 0.1) is 12.5 Å². The van der Waals surface area contributed by atoms with Crippen molar-refractivity contribution in [2.45, 2.75) is 121 Å². The van der Waals surface area contributed by atoms with Crippen LogP contribution in [0.25, 0.3) is 10.9 Å². The number of aromatic hydroxyl groups is 1. The molecule has 0 aliphatic rings. The first-order valence-electron chi connectivity index (χ1n) is 23.3. The molecule has 0 radical (unpaired) electrons. The van der Waals surface area contributed by atoms with E-state index in [1.165, 1.54) is 19.1 Å². The number of rotatable bonds is 22. The molecule has 0 aliphatic carbocycles. The van der Waals surface area contributed by atoms with Crippen LogP contribution >= 0.6 is 0 Å². The maximum atomic E-state index is 10.6. The molecular weight excluding hydrogens is 1000 g/mol. The fraction of sp³-hybridized carbons (Fsp3) is 0.429. The number of hydrogen-bond donors (Lipinski definition) is 19. The summed E-state index contributed by atoms with van der Waals surface area (Å²) in [6, 6.07) is 17.1. The van der Waals surface area contributed by atoms with Crippen LogP contribution in [0.5, 0.6) is 5.75 Å². The van der Waals surface area contributed by atoms with Gasteiger partial charge in [0.1, 0.15) is 48.0 Å². The number of phenols is 1. The largest absolute Gasteiger partial charge is 0.508 e. The highest BCUT2D eigenvalue weighted by atomic mass is 16.4. The lowest BCUT2D eigenvalue weighted by atomic mass is 10.0. The molecule has 76 heavy (non-hydrogen) atoms. The highest BCUT2D eigenvalue weighted by Gasteiger charge is 2.19. The molecule has 1 amide bonds. The Morgan fingerprint density at radius 3 is 1.30 bits per heavy atom. The molecule has 0 fully saturated rings. The number of H-pyrrole nitrogens is 1. The van der Waals surface area contributed by atoms with Gasteiger partial charge in [-0.2, -0.15) is 0 Å². The molecule has 3 aromatic carbocycles. The molecule has 28 N–H and O–H groups in total. The van der Waals surface area contributed by atoms with Crippen molar-refractivity contribution in [3.8, 4) is 5.75 Å². The van der Waals surface area contributed by atoms with E-state index in [-0.39, 0.29) is 24.5 Å². The molecule has 27 heteroatoms. The van der Waals surface area contributed by atoms with Crippen molar-refractivity contribution in [1.82, 2.24) is 4.98 Å². The first kappa shape index (κ1) is 72.6. The Bertz CT molecular complexity index is 2320. The van der Waals surface area contributed by atoms with Crippen LogP contribution in [-0.4, -0.2) is 154 Å². The smallest absolute Gasteiger partial charge is 0.323 e. The number of hydrogen-bond acceptors (Lipinski definition) is 18. The van der Waals surface area contributed by atoms with E-state index < -0.39 is 96.1 Å². The van der Waals surface area contributed by atoms with Crippen LogP contribution in [-0.2, 0) is 57.6 Å². The third-order valence-corrected chi connectivity index (χ3v) is 10.1. The van der Waals surface area contributed by atoms with Gasteiger partial charge in [0.2, 0.25) is 5.91 Å². The zero-order valence-corrected chi connectivity index (χ0v) is 42.6. The van der Waals surface area contributed by atoms with Crippen molar-refractivity contribution < 1.29 is 84.3 Å². The summed E-state index contributed by atoms with van der Waals surface area (Å²) in [5, 5.41) is 77.1. The Hall–Kier alpha value is -7.60. The lowest BCUT2D eigenvalue weighted by Gasteiger charge is -2.11. The quantitative estimate of drug-likeness (QED) is 0.0426. The predicted octanol–water partition coefficient (Wildman–Crippen LogP) is -0.866. The second kappa shape index (κ2) is 40.7. The molecule has 0 bridgehead atoms. The minimum atomic E-state index is -1.21. The number of aromatic amines is 1. The molecular formula is C49H78N10O17. The Balaban J connectivity index is -0.000000828. The van der Waals surface area contributed by atoms with E-state index in [1.54, 1.807) is 12.1 Å². The van der Waals surface area contributed by atoms with Crippen molar-refractivity contribution in [2.24, 2.45) is 57.5 Å². The predicted molar refractivity (Wildman–Crippen MR) is 281 cm³/mol. The first-order valence-corrected chi connectivity index (χ1v) is 23.3. The Morgan fingerprint density at radius 1 is 0.526 bits per heavy atom. The van der Waals surface area contributed by atoms with E-state index >= 15 is 0 Å². The molecule has 1 aromatic heterocycles. The topological polar surface area (TPSA) is 569 Å². The number of aliphatic carboxylic acids is 7. The van der Waals surface area contributed by atoms with Crippen molar-refractivity contribution in [2.75, 3.05) is 6.54 Å². The van der Waals surface area contributed by atoms with Crippen molar-refractivity contribution >= 4 is 58.6 Å². The molecule has 4 rings (SSSR count). The van der Waals surface area contributed by atoms with Crippen LogP contribution in [0.15, 0.2) is 85.1 Å². The van der Waals surface area contributed by atoms with Crippen LogP contribution in [0.2, 0.25) is 0 Å². The zero-order valence-electron chi connectivity index (χ0n) is 42.6. The van der Waals surface area contributed by atoms with Gasteiger partial charge in [-0.05, 0) is 80.0 Å². The number of nitrogens with one attached hydrogen (secondary N) is 1. The molecule has 27 nitrogen and oxygen atoms in total. The van der Waals surface area contributed by atoms with Crippen molar-refractivity contribution in [3.05, 3.63) is 102 Å². The number of carboxylic acid groups (broad SMARTS) is 7. The summed E-state index contributed by atoms with van der Waals surface area (Å²) in [6.07, 6.45) is 4.51. The number of carboxylic acids is 7. The third kappa shape index (κ3) is 35.5.